The van der Waals surface area contributed by atoms with Crippen LogP contribution in [0.5, 0.6) is 11.5 Å². The lowest BCUT2D eigenvalue weighted by Gasteiger charge is -2.18. The molecule has 2 rings (SSSR count). The fraction of sp³-hybridized carbons (Fsp3) is 0.348. The third-order valence-electron chi connectivity index (χ3n) is 4.90. The van der Waals surface area contributed by atoms with Gasteiger partial charge in [0, 0.05) is 30.8 Å². The first kappa shape index (κ1) is 24.4. The molecule has 0 saturated carbocycles. The van der Waals surface area contributed by atoms with E-state index in [1.807, 2.05) is 0 Å². The maximum Gasteiger partial charge on any atom is 0.251 e. The molecule has 0 heterocycles. The van der Waals surface area contributed by atoms with Gasteiger partial charge in [-0.1, -0.05) is 32.1 Å². The normalized spacial score (nSPS) is 11.3. The van der Waals surface area contributed by atoms with Gasteiger partial charge in [0.15, 0.2) is 11.5 Å². The van der Waals surface area contributed by atoms with Crippen LogP contribution in [0.15, 0.2) is 53.9 Å². The predicted octanol–water partition coefficient (Wildman–Crippen LogP) is 3.39. The van der Waals surface area contributed by atoms with Crippen molar-refractivity contribution < 1.29 is 22.7 Å². The van der Waals surface area contributed by atoms with Gasteiger partial charge in [-0.2, -0.15) is 4.31 Å². The number of hydrogen-bond acceptors (Lipinski definition) is 5. The fourth-order valence-electron chi connectivity index (χ4n) is 3.26. The molecular weight excluding hydrogens is 416 g/mol. The molecule has 31 heavy (non-hydrogen) atoms. The van der Waals surface area contributed by atoms with Gasteiger partial charge in [0.25, 0.3) is 5.91 Å². The van der Waals surface area contributed by atoms with E-state index < -0.39 is 10.0 Å². The van der Waals surface area contributed by atoms with Crippen LogP contribution in [0.2, 0.25) is 0 Å². The summed E-state index contributed by atoms with van der Waals surface area (Å²) in [6.45, 7) is 8.44. The highest BCUT2D eigenvalue weighted by atomic mass is 32.2. The standard InChI is InChI=1S/C23H30N2O5S/c1-6-9-18-14-19(15-21(29-4)22(18)30-5)23(26)24-16-17-10-12-20(13-11-17)31(27,28)25(7-2)8-3/h6,10-15H,1,7-9,16H2,2-5H3,(H,24,26). The number of hydrogen-bond donors (Lipinski definition) is 1. The molecule has 7 nitrogen and oxygen atoms in total. The summed E-state index contributed by atoms with van der Waals surface area (Å²) in [4.78, 5) is 12.9. The van der Waals surface area contributed by atoms with Crippen molar-refractivity contribution in [2.45, 2.75) is 31.7 Å². The topological polar surface area (TPSA) is 84.9 Å². The van der Waals surface area contributed by atoms with E-state index in [1.54, 1.807) is 63.4 Å². The monoisotopic (exact) mass is 446 g/mol. The molecule has 1 N–H and O–H groups in total. The summed E-state index contributed by atoms with van der Waals surface area (Å²) < 4.78 is 37.3. The number of methoxy groups -OCH3 is 2. The highest BCUT2D eigenvalue weighted by Crippen LogP contribution is 2.33. The molecule has 0 aliphatic carbocycles. The SMILES string of the molecule is C=CCc1cc(C(=O)NCc2ccc(S(=O)(=O)N(CC)CC)cc2)cc(OC)c1OC. The van der Waals surface area contributed by atoms with Gasteiger partial charge in [0.05, 0.1) is 19.1 Å². The Balaban J connectivity index is 2.16. The molecule has 0 saturated heterocycles. The van der Waals surface area contributed by atoms with Gasteiger partial charge in [-0.05, 0) is 36.2 Å². The van der Waals surface area contributed by atoms with E-state index in [-0.39, 0.29) is 17.3 Å². The Morgan fingerprint density at radius 1 is 1.10 bits per heavy atom. The molecule has 8 heteroatoms. The molecule has 0 aromatic heterocycles. The third kappa shape index (κ3) is 5.65. The first-order valence-electron chi connectivity index (χ1n) is 10.0. The first-order chi connectivity index (χ1) is 14.8. The average Bonchev–Trinajstić information content (AvgIpc) is 2.78. The van der Waals surface area contributed by atoms with Gasteiger partial charge in [0.1, 0.15) is 0 Å². The number of allylic oxidation sites excluding steroid dienone is 1. The second-order valence-corrected chi connectivity index (χ2v) is 8.72. The number of benzene rings is 2. The van der Waals surface area contributed by atoms with Crippen LogP contribution in [0.1, 0.15) is 35.3 Å². The number of rotatable bonds is 11. The van der Waals surface area contributed by atoms with Crippen LogP contribution in [0.4, 0.5) is 0 Å². The Hall–Kier alpha value is -2.84. The number of carbonyl (C=O) groups is 1. The molecule has 2 aromatic carbocycles. The third-order valence-corrected chi connectivity index (χ3v) is 6.97. The van der Waals surface area contributed by atoms with Crippen LogP contribution in [0, 0.1) is 0 Å². The molecule has 0 radical (unpaired) electrons. The Bertz CT molecular complexity index is 1010. The average molecular weight is 447 g/mol. The highest BCUT2D eigenvalue weighted by Gasteiger charge is 2.21. The van der Waals surface area contributed by atoms with E-state index in [0.29, 0.717) is 36.6 Å². The summed E-state index contributed by atoms with van der Waals surface area (Å²) in [5, 5.41) is 2.86. The minimum absolute atomic E-state index is 0.236. The lowest BCUT2D eigenvalue weighted by Crippen LogP contribution is -2.30. The molecule has 0 spiro atoms. The molecular formula is C23H30N2O5S. The van der Waals surface area contributed by atoms with Crippen molar-refractivity contribution in [1.29, 1.82) is 0 Å². The Morgan fingerprint density at radius 2 is 1.74 bits per heavy atom. The van der Waals surface area contributed by atoms with E-state index in [1.165, 1.54) is 11.4 Å². The van der Waals surface area contributed by atoms with Crippen molar-refractivity contribution in [3.8, 4) is 11.5 Å². The molecule has 0 fully saturated rings. The molecule has 0 bridgehead atoms. The van der Waals surface area contributed by atoms with Gasteiger partial charge >= 0.3 is 0 Å². The van der Waals surface area contributed by atoms with Crippen molar-refractivity contribution in [3.63, 3.8) is 0 Å². The van der Waals surface area contributed by atoms with E-state index in [4.69, 9.17) is 9.47 Å². The minimum Gasteiger partial charge on any atom is -0.493 e. The maximum absolute atomic E-state index is 12.7. The summed E-state index contributed by atoms with van der Waals surface area (Å²) in [5.41, 5.74) is 2.03. The number of carbonyl (C=O) groups excluding carboxylic acids is 1. The largest absolute Gasteiger partial charge is 0.493 e. The number of nitrogens with one attached hydrogen (secondary N) is 1. The number of ether oxygens (including phenoxy) is 2. The Morgan fingerprint density at radius 3 is 2.26 bits per heavy atom. The lowest BCUT2D eigenvalue weighted by molar-refractivity contribution is 0.0950. The first-order valence-corrected chi connectivity index (χ1v) is 11.5. The molecule has 0 aliphatic rings. The molecule has 0 atom stereocenters. The number of nitrogens with zero attached hydrogens (tertiary/aromatic N) is 1. The highest BCUT2D eigenvalue weighted by molar-refractivity contribution is 7.89. The molecule has 1 amide bonds. The van der Waals surface area contributed by atoms with Crippen molar-refractivity contribution >= 4 is 15.9 Å². The molecule has 2 aromatic rings. The zero-order valence-corrected chi connectivity index (χ0v) is 19.3. The quantitative estimate of drug-likeness (QED) is 0.535. The van der Waals surface area contributed by atoms with Gasteiger partial charge in [0.2, 0.25) is 10.0 Å². The van der Waals surface area contributed by atoms with Gasteiger partial charge < -0.3 is 14.8 Å². The van der Waals surface area contributed by atoms with E-state index in [0.717, 1.165) is 11.1 Å². The van der Waals surface area contributed by atoms with E-state index in [2.05, 4.69) is 11.9 Å². The van der Waals surface area contributed by atoms with Gasteiger partial charge in [-0.25, -0.2) is 8.42 Å². The van der Waals surface area contributed by atoms with Crippen molar-refractivity contribution in [3.05, 3.63) is 65.7 Å². The van der Waals surface area contributed by atoms with Crippen LogP contribution in [0.25, 0.3) is 0 Å². The van der Waals surface area contributed by atoms with Crippen molar-refractivity contribution in [1.82, 2.24) is 9.62 Å². The summed E-state index contributed by atoms with van der Waals surface area (Å²) in [6.07, 6.45) is 2.26. The van der Waals surface area contributed by atoms with Crippen molar-refractivity contribution in [2.75, 3.05) is 27.3 Å². The van der Waals surface area contributed by atoms with Crippen molar-refractivity contribution in [2.24, 2.45) is 0 Å². The van der Waals surface area contributed by atoms with Crippen LogP contribution < -0.4 is 14.8 Å². The molecule has 168 valence electrons. The van der Waals surface area contributed by atoms with Crippen LogP contribution in [-0.2, 0) is 23.0 Å². The Labute approximate surface area is 184 Å². The number of sulfonamides is 1. The second kappa shape index (κ2) is 11.0. The zero-order valence-electron chi connectivity index (χ0n) is 18.5. The van der Waals surface area contributed by atoms with E-state index >= 15 is 0 Å². The van der Waals surface area contributed by atoms with Crippen LogP contribution >= 0.6 is 0 Å². The molecule has 0 unspecified atom stereocenters. The second-order valence-electron chi connectivity index (χ2n) is 6.78. The van der Waals surface area contributed by atoms with Gasteiger partial charge in [-0.15, -0.1) is 6.58 Å². The summed E-state index contributed by atoms with van der Waals surface area (Å²) >= 11 is 0. The minimum atomic E-state index is -3.50. The van der Waals surface area contributed by atoms with Crippen LogP contribution in [0.3, 0.4) is 0 Å². The summed E-state index contributed by atoms with van der Waals surface area (Å²) in [7, 11) is -0.436. The summed E-state index contributed by atoms with van der Waals surface area (Å²) in [6, 6.07) is 9.91. The smallest absolute Gasteiger partial charge is 0.251 e. The van der Waals surface area contributed by atoms with Crippen LogP contribution in [-0.4, -0.2) is 45.9 Å². The fourth-order valence-corrected chi connectivity index (χ4v) is 4.72. The summed E-state index contributed by atoms with van der Waals surface area (Å²) in [5.74, 6) is 0.771. The van der Waals surface area contributed by atoms with E-state index in [9.17, 15) is 13.2 Å². The number of amides is 1. The lowest BCUT2D eigenvalue weighted by atomic mass is 10.0. The van der Waals surface area contributed by atoms with Gasteiger partial charge in [-0.3, -0.25) is 4.79 Å². The Kier molecular flexibility index (Phi) is 8.65. The maximum atomic E-state index is 12.7. The zero-order chi connectivity index (χ0) is 23.0. The molecule has 0 aliphatic heterocycles. The predicted molar refractivity (Wildman–Crippen MR) is 121 cm³/mol.